The van der Waals surface area contributed by atoms with E-state index in [4.69, 9.17) is 15.2 Å². The molecule has 0 aromatic heterocycles. The van der Waals surface area contributed by atoms with Crippen molar-refractivity contribution in [3.05, 3.63) is 48.6 Å². The Morgan fingerprint density at radius 2 is 1.34 bits per heavy atom. The van der Waals surface area contributed by atoms with Gasteiger partial charge in [0.2, 0.25) is 0 Å². The Kier molecular flexibility index (Phi) is 31.0. The van der Waals surface area contributed by atoms with Crippen LogP contribution < -0.4 is 11.1 Å². The number of rotatable bonds is 11. The Bertz CT molecular complexity index is 1720. The quantitative estimate of drug-likeness (QED) is 0.0464. The number of nitrogens with one attached hydrogen (secondary N) is 1. The number of aliphatic hydroxyl groups excluding tert-OH is 11. The van der Waals surface area contributed by atoms with Gasteiger partial charge in [-0.15, -0.1) is 0 Å². The second kappa shape index (κ2) is 34.1. The van der Waals surface area contributed by atoms with Gasteiger partial charge in [-0.05, 0) is 88.9 Å². The van der Waals surface area contributed by atoms with Crippen LogP contribution in [0, 0.1) is 47.3 Å². The number of esters is 1. The van der Waals surface area contributed by atoms with E-state index in [0.29, 0.717) is 11.9 Å². The fraction of sp³-hybridized carbons (Fsp3) is 0.821. The second-order valence-electron chi connectivity index (χ2n) is 22.3. The fourth-order valence-electron chi connectivity index (χ4n) is 9.90. The fourth-order valence-corrected chi connectivity index (χ4v) is 9.90. The number of hydrogen-bond donors (Lipinski definition) is 14. The molecule has 1 fully saturated rings. The van der Waals surface area contributed by atoms with E-state index in [1.807, 2.05) is 19.9 Å². The number of ether oxygens (including phenoxy) is 2. The average Bonchev–Trinajstić information content (AvgIpc) is 3.34. The summed E-state index contributed by atoms with van der Waals surface area (Å²) in [6, 6.07) is 0. The van der Waals surface area contributed by atoms with Gasteiger partial charge in [-0.1, -0.05) is 103 Å². The molecule has 18 heteroatoms. The summed E-state index contributed by atoms with van der Waals surface area (Å²) in [4.78, 5) is 17.7. The lowest BCUT2D eigenvalue weighted by atomic mass is 9.83. The lowest BCUT2D eigenvalue weighted by Gasteiger charge is -2.45. The van der Waals surface area contributed by atoms with Crippen LogP contribution in [0.15, 0.2) is 53.6 Å². The molecule has 0 spiro atoms. The lowest BCUT2D eigenvalue weighted by molar-refractivity contribution is -0.333. The van der Waals surface area contributed by atoms with Gasteiger partial charge in [-0.3, -0.25) is 9.79 Å². The van der Waals surface area contributed by atoms with Gasteiger partial charge in [-0.25, -0.2) is 0 Å². The minimum absolute atomic E-state index is 0.0856. The first-order valence-electron chi connectivity index (χ1n) is 27.4. The minimum atomic E-state index is -2.40. The third kappa shape index (κ3) is 23.8. The Hall–Kier alpha value is -2.82. The number of unbranched alkanes of at least 4 members (excludes halogenated alkanes) is 2. The molecule has 2 heterocycles. The summed E-state index contributed by atoms with van der Waals surface area (Å²) in [5.41, 5.74) is 5.68. The number of cyclic esters (lactones) is 1. The largest absolute Gasteiger partial charge is 0.461 e. The van der Waals surface area contributed by atoms with Gasteiger partial charge in [0, 0.05) is 56.5 Å². The van der Waals surface area contributed by atoms with Gasteiger partial charge in [0.25, 0.3) is 0 Å². The molecule has 0 aromatic rings. The molecule has 2 aliphatic rings. The van der Waals surface area contributed by atoms with Crippen LogP contribution in [0.1, 0.15) is 145 Å². The van der Waals surface area contributed by atoms with Gasteiger partial charge >= 0.3 is 5.97 Å². The van der Waals surface area contributed by atoms with Crippen molar-refractivity contribution in [1.82, 2.24) is 5.32 Å². The third-order valence-electron chi connectivity index (χ3n) is 15.6. The summed E-state index contributed by atoms with van der Waals surface area (Å²) in [5.74, 6) is -6.16. The molecule has 18 nitrogen and oxygen atoms in total. The van der Waals surface area contributed by atoms with Crippen LogP contribution in [0.4, 0.5) is 0 Å². The lowest BCUT2D eigenvalue weighted by Crippen LogP contribution is -2.59. The number of nitrogens with two attached hydrogens (primary N) is 1. The highest BCUT2D eigenvalue weighted by Gasteiger charge is 2.50. The molecular formula is C56H101N3O15. The molecule has 22 unspecified atom stereocenters. The first kappa shape index (κ1) is 67.3. The number of carbonyl (C=O) groups excluding carboxylic acids is 1. The number of fused-ring (bicyclic) bond motifs is 2. The van der Waals surface area contributed by atoms with Crippen molar-refractivity contribution in [1.29, 1.82) is 0 Å². The molecule has 430 valence electrons. The third-order valence-corrected chi connectivity index (χ3v) is 15.6. The Labute approximate surface area is 442 Å². The highest BCUT2D eigenvalue weighted by Crippen LogP contribution is 2.36. The maximum absolute atomic E-state index is 13.8. The molecule has 0 aliphatic carbocycles. The van der Waals surface area contributed by atoms with Crippen LogP contribution in [-0.4, -0.2) is 172 Å². The van der Waals surface area contributed by atoms with Crippen molar-refractivity contribution in [3.8, 4) is 0 Å². The van der Waals surface area contributed by atoms with Gasteiger partial charge < -0.3 is 81.8 Å². The minimum Gasteiger partial charge on any atom is -0.461 e. The van der Waals surface area contributed by atoms with E-state index in [-0.39, 0.29) is 56.8 Å². The monoisotopic (exact) mass is 1060 g/mol. The van der Waals surface area contributed by atoms with E-state index in [1.54, 1.807) is 59.9 Å². The van der Waals surface area contributed by atoms with E-state index in [1.165, 1.54) is 12.2 Å². The van der Waals surface area contributed by atoms with Crippen LogP contribution in [0.5, 0.6) is 0 Å². The SMILES string of the molecule is CN=C(N)NCCC/C=C/CCCC(C)CC(C)C1OC(=O)C(C)C(O)C=CC(C)C(O)CC(O)C(C)C(O)CCC(C)C(O)CC2(O)OC(CC(O)CC(O)CC(O)C(C)C(O)C=CC=CC1C)CC(O)C2O. The number of nitrogens with zero attached hydrogens (tertiary/aromatic N) is 1. The van der Waals surface area contributed by atoms with Crippen molar-refractivity contribution < 1.29 is 75.5 Å². The van der Waals surface area contributed by atoms with Crippen LogP contribution >= 0.6 is 0 Å². The number of hydrogen-bond acceptors (Lipinski definition) is 16. The normalized spacial score (nSPS) is 40.0. The van der Waals surface area contributed by atoms with E-state index >= 15 is 0 Å². The maximum atomic E-state index is 13.8. The molecular weight excluding hydrogens is 955 g/mol. The van der Waals surface area contributed by atoms with Gasteiger partial charge in [0.05, 0.1) is 73.1 Å². The molecule has 0 amide bonds. The molecule has 2 bridgehead atoms. The molecule has 0 radical (unpaired) electrons. The zero-order valence-corrected chi connectivity index (χ0v) is 46.0. The van der Waals surface area contributed by atoms with Crippen LogP contribution in [0.25, 0.3) is 0 Å². The van der Waals surface area contributed by atoms with Crippen LogP contribution in [0.3, 0.4) is 0 Å². The van der Waals surface area contributed by atoms with E-state index < -0.39 is 127 Å². The predicted octanol–water partition coefficient (Wildman–Crippen LogP) is 3.28. The standard InChI is InChI=1S/C56H101N3O15/c1-33(18-14-12-10-11-13-17-25-59-55(57)58-9)26-37(5)52-36(4)19-15-16-20-44(62)38(6)48(66)29-42(61)27-41(60)28-43-30-50(68)53(70)56(72,74-43)32-51(69)35(3)22-23-45(63)39(7)49(67)31-47(65)34(2)21-24-46(64)40(8)54(71)73-52/h10-11,15-16,19-21,24,33-53,60-70,72H,12-14,17-18,22-23,25-32H2,1-9H3,(H3,57,58,59)/b11-10+,19-15?,20-16?,24-21?. The molecule has 1 saturated heterocycles. The first-order chi connectivity index (χ1) is 34.7. The van der Waals surface area contributed by atoms with Crippen molar-refractivity contribution >= 4 is 11.9 Å². The maximum Gasteiger partial charge on any atom is 0.311 e. The summed E-state index contributed by atoms with van der Waals surface area (Å²) < 4.78 is 12.0. The number of carbonyl (C=O) groups is 1. The molecule has 2 aliphatic heterocycles. The summed E-state index contributed by atoms with van der Waals surface area (Å²) in [6.07, 6.45) is 3.37. The smallest absolute Gasteiger partial charge is 0.311 e. The zero-order valence-electron chi connectivity index (χ0n) is 46.0. The van der Waals surface area contributed by atoms with E-state index in [0.717, 1.165) is 45.1 Å². The number of guanidine groups is 1. The predicted molar refractivity (Wildman–Crippen MR) is 286 cm³/mol. The van der Waals surface area contributed by atoms with Gasteiger partial charge in [0.15, 0.2) is 11.7 Å². The molecule has 0 saturated carbocycles. The number of allylic oxidation sites excluding steroid dienone is 4. The first-order valence-corrected chi connectivity index (χ1v) is 27.4. The Balaban J connectivity index is 2.32. The van der Waals surface area contributed by atoms with Crippen LogP contribution in [-0.2, 0) is 14.3 Å². The van der Waals surface area contributed by atoms with E-state index in [9.17, 15) is 66.1 Å². The van der Waals surface area contributed by atoms with Gasteiger partial charge in [-0.2, -0.15) is 0 Å². The topological polar surface area (TPSA) is 329 Å². The average molecular weight is 1060 g/mol. The molecule has 22 atom stereocenters. The molecule has 2 rings (SSSR count). The van der Waals surface area contributed by atoms with E-state index in [2.05, 4.69) is 29.4 Å². The molecule has 15 N–H and O–H groups in total. The second-order valence-corrected chi connectivity index (χ2v) is 22.3. The molecule has 0 aromatic carbocycles. The number of aliphatic hydroxyl groups is 12. The van der Waals surface area contributed by atoms with Gasteiger partial charge in [0.1, 0.15) is 12.2 Å². The summed E-state index contributed by atoms with van der Waals surface area (Å²) in [7, 11) is 1.64. The zero-order chi connectivity index (χ0) is 55.9. The highest BCUT2D eigenvalue weighted by molar-refractivity contribution is 5.77. The number of aliphatic imine (C=N–C) groups is 1. The van der Waals surface area contributed by atoms with Crippen molar-refractivity contribution in [2.45, 2.75) is 230 Å². The Morgan fingerprint density at radius 3 is 2.00 bits per heavy atom. The summed E-state index contributed by atoms with van der Waals surface area (Å²) in [5, 5.41) is 135. The van der Waals surface area contributed by atoms with Crippen molar-refractivity contribution in [2.24, 2.45) is 58.1 Å². The van der Waals surface area contributed by atoms with Crippen LogP contribution in [0.2, 0.25) is 0 Å². The summed E-state index contributed by atoms with van der Waals surface area (Å²) >= 11 is 0. The highest BCUT2D eigenvalue weighted by atomic mass is 16.7. The van der Waals surface area contributed by atoms with Crippen molar-refractivity contribution in [2.75, 3.05) is 13.6 Å². The summed E-state index contributed by atoms with van der Waals surface area (Å²) in [6.45, 7) is 15.1. The Morgan fingerprint density at radius 1 is 0.716 bits per heavy atom. The molecule has 74 heavy (non-hydrogen) atoms. The van der Waals surface area contributed by atoms with Crippen molar-refractivity contribution in [3.63, 3.8) is 0 Å².